The van der Waals surface area contributed by atoms with Crippen molar-refractivity contribution in [3.05, 3.63) is 0 Å². The molecule has 0 radical (unpaired) electrons. The monoisotopic (exact) mass is 306 g/mol. The summed E-state index contributed by atoms with van der Waals surface area (Å²) in [5, 5.41) is 8.86. The van der Waals surface area contributed by atoms with Gasteiger partial charge in [-0.1, -0.05) is 20.8 Å². The van der Waals surface area contributed by atoms with E-state index in [0.717, 1.165) is 25.8 Å². The van der Waals surface area contributed by atoms with E-state index in [4.69, 9.17) is 5.11 Å². The molecule has 1 N–H and O–H groups in total. The summed E-state index contributed by atoms with van der Waals surface area (Å²) in [5.41, 5.74) is 0. The minimum absolute atomic E-state index is 0. The Morgan fingerprint density at radius 3 is 2.25 bits per heavy atom. The predicted molar refractivity (Wildman–Crippen MR) is 81.2 cm³/mol. The van der Waals surface area contributed by atoms with Gasteiger partial charge in [0.2, 0.25) is 5.91 Å². The second-order valence-electron chi connectivity index (χ2n) is 5.78. The first kappa shape index (κ1) is 19.2. The Hall–Kier alpha value is -0.810. The molecule has 1 rings (SSSR count). The third-order valence-electron chi connectivity index (χ3n) is 3.13. The van der Waals surface area contributed by atoms with Crippen LogP contribution in [-0.4, -0.2) is 59.0 Å². The number of hydrogen-bond donors (Lipinski definition) is 1. The second kappa shape index (κ2) is 9.19. The highest BCUT2D eigenvalue weighted by atomic mass is 35.5. The number of amides is 1. The SMILES string of the molecule is CCCN(CC(=O)O)CC(=O)N(CC(C)C)C1CC1.Cl. The normalized spacial score (nSPS) is 14.2. The Morgan fingerprint density at radius 1 is 1.25 bits per heavy atom. The molecule has 5 nitrogen and oxygen atoms in total. The molecule has 1 fully saturated rings. The second-order valence-corrected chi connectivity index (χ2v) is 5.78. The lowest BCUT2D eigenvalue weighted by Gasteiger charge is -2.27. The summed E-state index contributed by atoms with van der Waals surface area (Å²) in [7, 11) is 0. The molecule has 0 saturated heterocycles. The Bertz CT molecular complexity index is 320. The maximum absolute atomic E-state index is 12.3. The molecule has 1 aliphatic rings. The summed E-state index contributed by atoms with van der Waals surface area (Å²) in [4.78, 5) is 26.8. The molecule has 0 aromatic heterocycles. The van der Waals surface area contributed by atoms with E-state index in [1.165, 1.54) is 0 Å². The van der Waals surface area contributed by atoms with Crippen molar-refractivity contribution in [1.82, 2.24) is 9.80 Å². The van der Waals surface area contributed by atoms with Crippen molar-refractivity contribution >= 4 is 24.3 Å². The summed E-state index contributed by atoms with van der Waals surface area (Å²) in [6.45, 7) is 7.79. The summed E-state index contributed by atoms with van der Waals surface area (Å²) < 4.78 is 0. The molecule has 0 bridgehead atoms. The maximum Gasteiger partial charge on any atom is 0.317 e. The van der Waals surface area contributed by atoms with Crippen LogP contribution in [0.3, 0.4) is 0 Å². The van der Waals surface area contributed by atoms with Crippen LogP contribution in [0.25, 0.3) is 0 Å². The van der Waals surface area contributed by atoms with E-state index < -0.39 is 5.97 Å². The van der Waals surface area contributed by atoms with Crippen LogP contribution in [0.1, 0.15) is 40.0 Å². The molecule has 0 spiro atoms. The molecule has 0 aliphatic heterocycles. The first-order chi connectivity index (χ1) is 8.93. The van der Waals surface area contributed by atoms with Crippen LogP contribution < -0.4 is 0 Å². The van der Waals surface area contributed by atoms with Crippen LogP contribution >= 0.6 is 12.4 Å². The Morgan fingerprint density at radius 2 is 1.85 bits per heavy atom. The van der Waals surface area contributed by atoms with Crippen LogP contribution in [0.5, 0.6) is 0 Å². The summed E-state index contributed by atoms with van der Waals surface area (Å²) in [6.07, 6.45) is 3.03. The van der Waals surface area contributed by atoms with Gasteiger partial charge in [-0.3, -0.25) is 14.5 Å². The molecule has 1 amide bonds. The van der Waals surface area contributed by atoms with E-state index in [2.05, 4.69) is 13.8 Å². The zero-order valence-corrected chi connectivity index (χ0v) is 13.5. The van der Waals surface area contributed by atoms with Gasteiger partial charge in [0, 0.05) is 12.6 Å². The van der Waals surface area contributed by atoms with Gasteiger partial charge >= 0.3 is 5.97 Å². The molecule has 0 unspecified atom stereocenters. The Kier molecular flexibility index (Phi) is 8.81. The standard InChI is InChI=1S/C14H26N2O3.ClH/c1-4-7-15(10-14(18)19)9-13(17)16(8-11(2)3)12-5-6-12;/h11-12H,4-10H2,1-3H3,(H,18,19);1H. The van der Waals surface area contributed by atoms with Crippen molar-refractivity contribution in [2.45, 2.75) is 46.1 Å². The fraction of sp³-hybridized carbons (Fsp3) is 0.857. The quantitative estimate of drug-likeness (QED) is 0.706. The highest BCUT2D eigenvalue weighted by Gasteiger charge is 2.33. The lowest BCUT2D eigenvalue weighted by Crippen LogP contribution is -2.44. The van der Waals surface area contributed by atoms with Gasteiger partial charge in [-0.25, -0.2) is 0 Å². The molecule has 0 aromatic rings. The molecule has 118 valence electrons. The first-order valence-corrected chi connectivity index (χ1v) is 7.17. The number of rotatable bonds is 9. The molecular formula is C14H27ClN2O3. The van der Waals surface area contributed by atoms with Gasteiger partial charge < -0.3 is 10.0 Å². The first-order valence-electron chi connectivity index (χ1n) is 7.17. The van der Waals surface area contributed by atoms with Gasteiger partial charge in [0.25, 0.3) is 0 Å². The minimum atomic E-state index is -0.872. The van der Waals surface area contributed by atoms with E-state index in [1.54, 1.807) is 4.90 Å². The van der Waals surface area contributed by atoms with E-state index in [1.807, 2.05) is 11.8 Å². The Balaban J connectivity index is 0.00000361. The molecule has 1 aliphatic carbocycles. The van der Waals surface area contributed by atoms with E-state index in [9.17, 15) is 9.59 Å². The Labute approximate surface area is 127 Å². The third kappa shape index (κ3) is 7.10. The largest absolute Gasteiger partial charge is 0.480 e. The van der Waals surface area contributed by atoms with E-state index >= 15 is 0 Å². The van der Waals surface area contributed by atoms with Crippen molar-refractivity contribution in [1.29, 1.82) is 0 Å². The highest BCUT2D eigenvalue weighted by Crippen LogP contribution is 2.27. The van der Waals surface area contributed by atoms with Gasteiger partial charge in [0.05, 0.1) is 13.1 Å². The molecule has 0 atom stereocenters. The lowest BCUT2D eigenvalue weighted by atomic mass is 10.2. The zero-order chi connectivity index (χ0) is 14.4. The average molecular weight is 307 g/mol. The van der Waals surface area contributed by atoms with Crippen LogP contribution in [0, 0.1) is 5.92 Å². The van der Waals surface area contributed by atoms with Crippen molar-refractivity contribution in [2.24, 2.45) is 5.92 Å². The van der Waals surface area contributed by atoms with E-state index in [-0.39, 0.29) is 31.4 Å². The van der Waals surface area contributed by atoms with Gasteiger partial charge in [-0.2, -0.15) is 0 Å². The number of carbonyl (C=O) groups is 2. The lowest BCUT2D eigenvalue weighted by molar-refractivity contribution is -0.140. The molecule has 0 aromatic carbocycles. The number of aliphatic carboxylic acids is 1. The third-order valence-corrected chi connectivity index (χ3v) is 3.13. The number of halogens is 1. The number of hydrogen-bond acceptors (Lipinski definition) is 3. The summed E-state index contributed by atoms with van der Waals surface area (Å²) in [5.74, 6) is -0.349. The molecule has 0 heterocycles. The molecule has 1 saturated carbocycles. The fourth-order valence-electron chi connectivity index (χ4n) is 2.24. The van der Waals surface area contributed by atoms with Crippen LogP contribution in [0.4, 0.5) is 0 Å². The van der Waals surface area contributed by atoms with Crippen molar-refractivity contribution < 1.29 is 14.7 Å². The minimum Gasteiger partial charge on any atom is -0.480 e. The number of carboxylic acids is 1. The van der Waals surface area contributed by atoms with Gasteiger partial charge in [0.1, 0.15) is 0 Å². The number of carbonyl (C=O) groups excluding carboxylic acids is 1. The highest BCUT2D eigenvalue weighted by molar-refractivity contribution is 5.85. The van der Waals surface area contributed by atoms with Crippen molar-refractivity contribution in [3.8, 4) is 0 Å². The topological polar surface area (TPSA) is 60.9 Å². The number of nitrogens with zero attached hydrogens (tertiary/aromatic N) is 2. The molecule has 20 heavy (non-hydrogen) atoms. The van der Waals surface area contributed by atoms with Gasteiger partial charge in [-0.05, 0) is 31.7 Å². The molecule has 6 heteroatoms. The summed E-state index contributed by atoms with van der Waals surface area (Å²) in [6, 6.07) is 0.392. The van der Waals surface area contributed by atoms with Gasteiger partial charge in [0.15, 0.2) is 0 Å². The smallest absolute Gasteiger partial charge is 0.317 e. The molecular weight excluding hydrogens is 280 g/mol. The predicted octanol–water partition coefficient (Wildman–Crippen LogP) is 1.85. The number of carboxylic acid groups (broad SMARTS) is 1. The van der Waals surface area contributed by atoms with Crippen molar-refractivity contribution in [3.63, 3.8) is 0 Å². The van der Waals surface area contributed by atoms with E-state index in [0.29, 0.717) is 18.5 Å². The fourth-order valence-corrected chi connectivity index (χ4v) is 2.24. The summed E-state index contributed by atoms with van der Waals surface area (Å²) >= 11 is 0. The van der Waals surface area contributed by atoms with Crippen molar-refractivity contribution in [2.75, 3.05) is 26.2 Å². The maximum atomic E-state index is 12.3. The zero-order valence-electron chi connectivity index (χ0n) is 12.7. The average Bonchev–Trinajstić information content (AvgIpc) is 3.08. The van der Waals surface area contributed by atoms with Crippen LogP contribution in [0.2, 0.25) is 0 Å². The van der Waals surface area contributed by atoms with Crippen LogP contribution in [0.15, 0.2) is 0 Å². The van der Waals surface area contributed by atoms with Gasteiger partial charge in [-0.15, -0.1) is 12.4 Å². The van der Waals surface area contributed by atoms with Crippen LogP contribution in [-0.2, 0) is 9.59 Å².